The second-order valence-corrected chi connectivity index (χ2v) is 4.84. The Bertz CT molecular complexity index is 604. The number of aryl methyl sites for hydroxylation is 2. The van der Waals surface area contributed by atoms with Crippen molar-refractivity contribution in [2.75, 3.05) is 13.7 Å². The summed E-state index contributed by atoms with van der Waals surface area (Å²) in [6, 6.07) is 5.23. The number of methoxy groups -OCH3 is 1. The molecule has 1 heterocycles. The lowest BCUT2D eigenvalue weighted by atomic mass is 10.1. The number of fused-ring (bicyclic) bond motifs is 1. The standard InChI is InChI=1S/C15H20N2O3/c1-11-16-13-8-6-7-12(15(18)19)14(13)17(11)9-4-3-5-10-20-2/h6-8H,3-5,9-10H2,1-2H3,(H,18,19). The first-order valence-corrected chi connectivity index (χ1v) is 6.83. The number of hydrogen-bond acceptors (Lipinski definition) is 3. The summed E-state index contributed by atoms with van der Waals surface area (Å²) >= 11 is 0. The summed E-state index contributed by atoms with van der Waals surface area (Å²) < 4.78 is 7.03. The van der Waals surface area contributed by atoms with E-state index in [1.165, 1.54) is 0 Å². The molecule has 5 heteroatoms. The van der Waals surface area contributed by atoms with Gasteiger partial charge in [0.2, 0.25) is 0 Å². The molecule has 1 aromatic carbocycles. The zero-order valence-electron chi connectivity index (χ0n) is 11.9. The van der Waals surface area contributed by atoms with Gasteiger partial charge >= 0.3 is 5.97 Å². The highest BCUT2D eigenvalue weighted by Gasteiger charge is 2.15. The van der Waals surface area contributed by atoms with Crippen LogP contribution in [-0.2, 0) is 11.3 Å². The zero-order chi connectivity index (χ0) is 14.5. The molecule has 1 N–H and O–H groups in total. The number of carboxylic acids is 1. The van der Waals surface area contributed by atoms with Crippen LogP contribution in [0.15, 0.2) is 18.2 Å². The monoisotopic (exact) mass is 276 g/mol. The molecule has 1 aromatic heterocycles. The lowest BCUT2D eigenvalue weighted by Gasteiger charge is -2.08. The van der Waals surface area contributed by atoms with Crippen LogP contribution in [0, 0.1) is 6.92 Å². The molecular formula is C15H20N2O3. The van der Waals surface area contributed by atoms with Crippen LogP contribution in [0.25, 0.3) is 11.0 Å². The van der Waals surface area contributed by atoms with E-state index in [0.29, 0.717) is 5.56 Å². The fraction of sp³-hybridized carbons (Fsp3) is 0.467. The second-order valence-electron chi connectivity index (χ2n) is 4.84. The molecule has 0 bridgehead atoms. The molecule has 0 unspecified atom stereocenters. The van der Waals surface area contributed by atoms with Gasteiger partial charge in [-0.1, -0.05) is 6.07 Å². The van der Waals surface area contributed by atoms with Crippen LogP contribution in [-0.4, -0.2) is 34.3 Å². The van der Waals surface area contributed by atoms with Crippen molar-refractivity contribution in [3.05, 3.63) is 29.6 Å². The fourth-order valence-corrected chi connectivity index (χ4v) is 2.44. The quantitative estimate of drug-likeness (QED) is 0.790. The average Bonchev–Trinajstić information content (AvgIpc) is 2.74. The van der Waals surface area contributed by atoms with Crippen molar-refractivity contribution in [1.29, 1.82) is 0 Å². The largest absolute Gasteiger partial charge is 0.478 e. The fourth-order valence-electron chi connectivity index (χ4n) is 2.44. The molecule has 0 amide bonds. The minimum atomic E-state index is -0.906. The number of rotatable bonds is 7. The molecule has 0 fully saturated rings. The Hall–Kier alpha value is -1.88. The summed E-state index contributed by atoms with van der Waals surface area (Å²) in [6.07, 6.45) is 3.07. The topological polar surface area (TPSA) is 64.4 Å². The summed E-state index contributed by atoms with van der Waals surface area (Å²) in [5.41, 5.74) is 1.79. The number of nitrogens with zero attached hydrogens (tertiary/aromatic N) is 2. The number of benzene rings is 1. The van der Waals surface area contributed by atoms with Crippen LogP contribution in [0.2, 0.25) is 0 Å². The highest BCUT2D eigenvalue weighted by atomic mass is 16.5. The molecule has 20 heavy (non-hydrogen) atoms. The molecule has 0 spiro atoms. The van der Waals surface area contributed by atoms with Crippen molar-refractivity contribution in [2.24, 2.45) is 0 Å². The highest BCUT2D eigenvalue weighted by Crippen LogP contribution is 2.21. The van der Waals surface area contributed by atoms with Crippen LogP contribution < -0.4 is 0 Å². The third-order valence-electron chi connectivity index (χ3n) is 3.42. The summed E-state index contributed by atoms with van der Waals surface area (Å²) in [4.78, 5) is 15.8. The van der Waals surface area contributed by atoms with E-state index < -0.39 is 5.97 Å². The molecule has 0 atom stereocenters. The van der Waals surface area contributed by atoms with E-state index >= 15 is 0 Å². The molecule has 0 radical (unpaired) electrons. The van der Waals surface area contributed by atoms with E-state index in [9.17, 15) is 9.90 Å². The molecule has 0 aliphatic rings. The minimum Gasteiger partial charge on any atom is -0.478 e. The smallest absolute Gasteiger partial charge is 0.337 e. The number of imidazole rings is 1. The maximum Gasteiger partial charge on any atom is 0.337 e. The van der Waals surface area contributed by atoms with Gasteiger partial charge in [-0.05, 0) is 38.3 Å². The zero-order valence-corrected chi connectivity index (χ0v) is 11.9. The van der Waals surface area contributed by atoms with Gasteiger partial charge in [0.1, 0.15) is 5.82 Å². The van der Waals surface area contributed by atoms with Crippen LogP contribution in [0.1, 0.15) is 35.4 Å². The summed E-state index contributed by atoms with van der Waals surface area (Å²) in [7, 11) is 1.70. The van der Waals surface area contributed by atoms with Crippen molar-refractivity contribution in [3.63, 3.8) is 0 Å². The van der Waals surface area contributed by atoms with Gasteiger partial charge in [0.05, 0.1) is 16.6 Å². The number of para-hydroxylation sites is 1. The van der Waals surface area contributed by atoms with Crippen molar-refractivity contribution >= 4 is 17.0 Å². The van der Waals surface area contributed by atoms with E-state index in [-0.39, 0.29) is 0 Å². The Morgan fingerprint density at radius 1 is 1.35 bits per heavy atom. The SMILES string of the molecule is COCCCCCn1c(C)nc2cccc(C(=O)O)c21. The van der Waals surface area contributed by atoms with Crippen LogP contribution in [0.3, 0.4) is 0 Å². The van der Waals surface area contributed by atoms with Gasteiger partial charge in [-0.3, -0.25) is 0 Å². The van der Waals surface area contributed by atoms with Crippen molar-refractivity contribution in [2.45, 2.75) is 32.7 Å². The number of aromatic nitrogens is 2. The van der Waals surface area contributed by atoms with Crippen LogP contribution in [0.5, 0.6) is 0 Å². The first-order chi connectivity index (χ1) is 9.65. The lowest BCUT2D eigenvalue weighted by Crippen LogP contribution is -2.05. The molecule has 2 rings (SSSR count). The van der Waals surface area contributed by atoms with Gasteiger partial charge < -0.3 is 14.4 Å². The third kappa shape index (κ3) is 2.99. The Kier molecular flexibility index (Phi) is 4.74. The van der Waals surface area contributed by atoms with Crippen molar-refractivity contribution < 1.29 is 14.6 Å². The second kappa shape index (κ2) is 6.52. The van der Waals surface area contributed by atoms with Crippen molar-refractivity contribution in [1.82, 2.24) is 9.55 Å². The number of unbranched alkanes of at least 4 members (excludes halogenated alkanes) is 2. The van der Waals surface area contributed by atoms with Gasteiger partial charge in [-0.2, -0.15) is 0 Å². The number of ether oxygens (including phenoxy) is 1. The van der Waals surface area contributed by atoms with E-state index in [4.69, 9.17) is 4.74 Å². The van der Waals surface area contributed by atoms with Gasteiger partial charge in [-0.25, -0.2) is 9.78 Å². The number of aromatic carboxylic acids is 1. The van der Waals surface area contributed by atoms with E-state index in [0.717, 1.165) is 49.3 Å². The average molecular weight is 276 g/mol. The Labute approximate surface area is 118 Å². The van der Waals surface area contributed by atoms with Gasteiger partial charge in [-0.15, -0.1) is 0 Å². The van der Waals surface area contributed by atoms with E-state index in [1.54, 1.807) is 19.2 Å². The molecule has 0 aliphatic carbocycles. The molecular weight excluding hydrogens is 256 g/mol. The Morgan fingerprint density at radius 3 is 2.85 bits per heavy atom. The maximum atomic E-state index is 11.3. The summed E-state index contributed by atoms with van der Waals surface area (Å²) in [5.74, 6) is -0.0448. The Morgan fingerprint density at radius 2 is 2.15 bits per heavy atom. The molecule has 108 valence electrons. The molecule has 0 aliphatic heterocycles. The van der Waals surface area contributed by atoms with Gasteiger partial charge in [0.25, 0.3) is 0 Å². The van der Waals surface area contributed by atoms with E-state index in [2.05, 4.69) is 4.98 Å². The molecule has 2 aromatic rings. The summed E-state index contributed by atoms with van der Waals surface area (Å²) in [6.45, 7) is 3.47. The van der Waals surface area contributed by atoms with Gasteiger partial charge in [0, 0.05) is 20.3 Å². The maximum absolute atomic E-state index is 11.3. The predicted molar refractivity (Wildman–Crippen MR) is 77.2 cm³/mol. The van der Waals surface area contributed by atoms with E-state index in [1.807, 2.05) is 17.6 Å². The molecule has 0 saturated carbocycles. The van der Waals surface area contributed by atoms with Gasteiger partial charge in [0.15, 0.2) is 0 Å². The predicted octanol–water partition coefficient (Wildman–Crippen LogP) is 2.86. The normalized spacial score (nSPS) is 11.1. The van der Waals surface area contributed by atoms with Crippen molar-refractivity contribution in [3.8, 4) is 0 Å². The molecule has 5 nitrogen and oxygen atoms in total. The lowest BCUT2D eigenvalue weighted by molar-refractivity contribution is 0.0698. The third-order valence-corrected chi connectivity index (χ3v) is 3.42. The number of hydrogen-bond donors (Lipinski definition) is 1. The Balaban J connectivity index is 2.23. The first-order valence-electron chi connectivity index (χ1n) is 6.83. The van der Waals surface area contributed by atoms with Crippen LogP contribution >= 0.6 is 0 Å². The minimum absolute atomic E-state index is 0.319. The van der Waals surface area contributed by atoms with Crippen LogP contribution in [0.4, 0.5) is 0 Å². The molecule has 0 saturated heterocycles. The highest BCUT2D eigenvalue weighted by molar-refractivity contribution is 6.01. The number of carbonyl (C=O) groups is 1. The number of carboxylic acid groups (broad SMARTS) is 1. The summed E-state index contributed by atoms with van der Waals surface area (Å²) in [5, 5.41) is 9.30. The first kappa shape index (κ1) is 14.5.